The summed E-state index contributed by atoms with van der Waals surface area (Å²) in [5.74, 6) is 0.768. The summed E-state index contributed by atoms with van der Waals surface area (Å²) in [4.78, 5) is 5.01. The average Bonchev–Trinajstić information content (AvgIpc) is 2.47. The molecule has 1 aromatic carbocycles. The SMILES string of the molecule is CN1CCCC2CN(c3c(Cl)cccc3CN)CCC21. The summed E-state index contributed by atoms with van der Waals surface area (Å²) >= 11 is 6.44. The van der Waals surface area contributed by atoms with E-state index in [-0.39, 0.29) is 0 Å². The summed E-state index contributed by atoms with van der Waals surface area (Å²) < 4.78 is 0. The molecule has 0 bridgehead atoms. The Balaban J connectivity index is 1.83. The van der Waals surface area contributed by atoms with Crippen molar-refractivity contribution < 1.29 is 0 Å². The van der Waals surface area contributed by atoms with Crippen LogP contribution in [0.5, 0.6) is 0 Å². The maximum atomic E-state index is 6.44. The Labute approximate surface area is 126 Å². The molecule has 0 amide bonds. The number of rotatable bonds is 2. The zero-order valence-corrected chi connectivity index (χ0v) is 12.9. The molecule has 2 saturated heterocycles. The highest BCUT2D eigenvalue weighted by Gasteiger charge is 2.35. The molecule has 110 valence electrons. The fraction of sp³-hybridized carbons (Fsp3) is 0.625. The highest BCUT2D eigenvalue weighted by Crippen LogP contribution is 2.36. The number of likely N-dealkylation sites (tertiary alicyclic amines) is 1. The van der Waals surface area contributed by atoms with E-state index >= 15 is 0 Å². The Kier molecular flexibility index (Phi) is 4.20. The third-order valence-corrected chi connectivity index (χ3v) is 5.26. The van der Waals surface area contributed by atoms with Gasteiger partial charge in [-0.05, 0) is 50.4 Å². The Morgan fingerprint density at radius 1 is 1.30 bits per heavy atom. The minimum Gasteiger partial charge on any atom is -0.370 e. The fourth-order valence-corrected chi connectivity index (χ4v) is 4.25. The van der Waals surface area contributed by atoms with E-state index in [1.807, 2.05) is 12.1 Å². The second-order valence-electron chi connectivity index (χ2n) is 6.14. The standard InChI is InChI=1S/C16H24ClN3/c1-19-8-3-5-13-11-20(9-7-15(13)19)16-12(10-18)4-2-6-14(16)17/h2,4,6,13,15H,3,5,7-11,18H2,1H3. The number of para-hydroxylation sites is 1. The molecule has 2 aliphatic rings. The van der Waals surface area contributed by atoms with E-state index in [2.05, 4.69) is 22.9 Å². The summed E-state index contributed by atoms with van der Waals surface area (Å²) in [6.07, 6.45) is 3.89. The molecule has 2 aliphatic heterocycles. The monoisotopic (exact) mass is 293 g/mol. The van der Waals surface area contributed by atoms with Crippen LogP contribution >= 0.6 is 11.6 Å². The molecule has 4 heteroatoms. The van der Waals surface area contributed by atoms with Crippen molar-refractivity contribution in [2.24, 2.45) is 11.7 Å². The lowest BCUT2D eigenvalue weighted by Gasteiger charge is -2.47. The van der Waals surface area contributed by atoms with Crippen molar-refractivity contribution in [2.75, 3.05) is 31.6 Å². The molecule has 2 atom stereocenters. The third-order valence-electron chi connectivity index (χ3n) is 4.95. The summed E-state index contributed by atoms with van der Waals surface area (Å²) in [6.45, 7) is 4.01. The molecule has 2 N–H and O–H groups in total. The van der Waals surface area contributed by atoms with Gasteiger partial charge in [-0.2, -0.15) is 0 Å². The van der Waals surface area contributed by atoms with Gasteiger partial charge in [-0.15, -0.1) is 0 Å². The van der Waals surface area contributed by atoms with Crippen molar-refractivity contribution in [2.45, 2.75) is 31.8 Å². The highest BCUT2D eigenvalue weighted by atomic mass is 35.5. The summed E-state index contributed by atoms with van der Waals surface area (Å²) in [5, 5.41) is 0.843. The van der Waals surface area contributed by atoms with Crippen LogP contribution in [-0.4, -0.2) is 37.6 Å². The normalized spacial score (nSPS) is 27.4. The maximum Gasteiger partial charge on any atom is 0.0642 e. The van der Waals surface area contributed by atoms with E-state index in [4.69, 9.17) is 17.3 Å². The second-order valence-corrected chi connectivity index (χ2v) is 6.54. The zero-order valence-electron chi connectivity index (χ0n) is 12.2. The van der Waals surface area contributed by atoms with E-state index in [1.54, 1.807) is 0 Å². The molecular formula is C16H24ClN3. The van der Waals surface area contributed by atoms with Crippen LogP contribution in [0.2, 0.25) is 5.02 Å². The molecule has 2 fully saturated rings. The largest absolute Gasteiger partial charge is 0.370 e. The van der Waals surface area contributed by atoms with Gasteiger partial charge in [0.05, 0.1) is 10.7 Å². The van der Waals surface area contributed by atoms with Crippen LogP contribution < -0.4 is 10.6 Å². The molecule has 1 aromatic rings. The first-order chi connectivity index (χ1) is 9.70. The van der Waals surface area contributed by atoms with Crippen molar-refractivity contribution in [3.8, 4) is 0 Å². The van der Waals surface area contributed by atoms with E-state index in [9.17, 15) is 0 Å². The predicted molar refractivity (Wildman–Crippen MR) is 85.3 cm³/mol. The van der Waals surface area contributed by atoms with Crippen LogP contribution in [0.3, 0.4) is 0 Å². The van der Waals surface area contributed by atoms with Crippen molar-refractivity contribution in [3.63, 3.8) is 0 Å². The minimum atomic E-state index is 0.556. The minimum absolute atomic E-state index is 0.556. The van der Waals surface area contributed by atoms with Gasteiger partial charge in [-0.3, -0.25) is 0 Å². The van der Waals surface area contributed by atoms with Crippen LogP contribution in [0.1, 0.15) is 24.8 Å². The third kappa shape index (κ3) is 2.54. The van der Waals surface area contributed by atoms with Crippen molar-refractivity contribution in [1.29, 1.82) is 0 Å². The molecule has 0 radical (unpaired) electrons. The van der Waals surface area contributed by atoms with Gasteiger partial charge in [0.15, 0.2) is 0 Å². The quantitative estimate of drug-likeness (QED) is 0.910. The Morgan fingerprint density at radius 2 is 2.15 bits per heavy atom. The molecule has 0 saturated carbocycles. The van der Waals surface area contributed by atoms with Gasteiger partial charge < -0.3 is 15.5 Å². The smallest absolute Gasteiger partial charge is 0.0642 e. The molecule has 20 heavy (non-hydrogen) atoms. The predicted octanol–water partition coefficient (Wildman–Crippen LogP) is 2.72. The molecule has 3 nitrogen and oxygen atoms in total. The van der Waals surface area contributed by atoms with Crippen molar-refractivity contribution in [1.82, 2.24) is 4.90 Å². The Bertz CT molecular complexity index is 477. The van der Waals surface area contributed by atoms with Gasteiger partial charge in [0.2, 0.25) is 0 Å². The number of benzene rings is 1. The lowest BCUT2D eigenvalue weighted by atomic mass is 9.84. The van der Waals surface area contributed by atoms with E-state index in [0.717, 1.165) is 30.1 Å². The van der Waals surface area contributed by atoms with Gasteiger partial charge in [0.1, 0.15) is 0 Å². The van der Waals surface area contributed by atoms with Crippen LogP contribution in [0.15, 0.2) is 18.2 Å². The Hall–Kier alpha value is -0.770. The number of piperidine rings is 2. The van der Waals surface area contributed by atoms with E-state index in [0.29, 0.717) is 6.54 Å². The number of hydrogen-bond donors (Lipinski definition) is 1. The van der Waals surface area contributed by atoms with Gasteiger partial charge in [-0.1, -0.05) is 23.7 Å². The van der Waals surface area contributed by atoms with E-state index in [1.165, 1.54) is 37.1 Å². The van der Waals surface area contributed by atoms with Gasteiger partial charge in [-0.25, -0.2) is 0 Å². The lowest BCUT2D eigenvalue weighted by Crippen LogP contribution is -2.53. The molecule has 0 aromatic heterocycles. The Morgan fingerprint density at radius 3 is 2.95 bits per heavy atom. The number of hydrogen-bond acceptors (Lipinski definition) is 3. The molecule has 2 unspecified atom stereocenters. The summed E-state index contributed by atoms with van der Waals surface area (Å²) in [6, 6.07) is 6.83. The molecule has 3 rings (SSSR count). The number of nitrogens with zero attached hydrogens (tertiary/aromatic N) is 2. The maximum absolute atomic E-state index is 6.44. The molecule has 0 spiro atoms. The molecular weight excluding hydrogens is 270 g/mol. The first-order valence-electron chi connectivity index (χ1n) is 7.63. The first-order valence-corrected chi connectivity index (χ1v) is 8.01. The van der Waals surface area contributed by atoms with Crippen molar-refractivity contribution >= 4 is 17.3 Å². The van der Waals surface area contributed by atoms with Crippen molar-refractivity contribution in [3.05, 3.63) is 28.8 Å². The number of anilines is 1. The second kappa shape index (κ2) is 5.92. The first kappa shape index (κ1) is 14.2. The van der Waals surface area contributed by atoms with Crippen LogP contribution in [0.4, 0.5) is 5.69 Å². The topological polar surface area (TPSA) is 32.5 Å². The van der Waals surface area contributed by atoms with Gasteiger partial charge >= 0.3 is 0 Å². The van der Waals surface area contributed by atoms with Gasteiger partial charge in [0.25, 0.3) is 0 Å². The molecule has 2 heterocycles. The molecule has 0 aliphatic carbocycles. The summed E-state index contributed by atoms with van der Waals surface area (Å²) in [5.41, 5.74) is 8.22. The lowest BCUT2D eigenvalue weighted by molar-refractivity contribution is 0.102. The number of halogens is 1. The van der Waals surface area contributed by atoms with Crippen LogP contribution in [0, 0.1) is 5.92 Å². The number of fused-ring (bicyclic) bond motifs is 1. The average molecular weight is 294 g/mol. The van der Waals surface area contributed by atoms with Gasteiger partial charge in [0, 0.05) is 25.7 Å². The fourth-order valence-electron chi connectivity index (χ4n) is 3.93. The van der Waals surface area contributed by atoms with Crippen LogP contribution in [0.25, 0.3) is 0 Å². The summed E-state index contributed by atoms with van der Waals surface area (Å²) in [7, 11) is 2.27. The highest BCUT2D eigenvalue weighted by molar-refractivity contribution is 6.33. The van der Waals surface area contributed by atoms with E-state index < -0.39 is 0 Å². The number of nitrogens with two attached hydrogens (primary N) is 1. The van der Waals surface area contributed by atoms with Crippen LogP contribution in [-0.2, 0) is 6.54 Å². The zero-order chi connectivity index (χ0) is 14.1.